The Morgan fingerprint density at radius 3 is 2.62 bits per heavy atom. The molecule has 2 saturated heterocycles. The van der Waals surface area contributed by atoms with Crippen LogP contribution in [0.25, 0.3) is 0 Å². The average Bonchev–Trinajstić information content (AvgIpc) is 3.62. The fourth-order valence-electron chi connectivity index (χ4n) is 8.28. The number of nitrogens with zero attached hydrogens (tertiary/aromatic N) is 1. The molecule has 0 amide bonds. The summed E-state index contributed by atoms with van der Waals surface area (Å²) in [6.07, 6.45) is -1.93. The molecule has 0 radical (unpaired) electrons. The third kappa shape index (κ3) is 3.59. The number of phenols is 2. The molecule has 0 saturated carbocycles. The number of ketones is 3. The van der Waals surface area contributed by atoms with Gasteiger partial charge in [0.1, 0.15) is 23.4 Å². The zero-order chi connectivity index (χ0) is 31.8. The van der Waals surface area contributed by atoms with Crippen molar-refractivity contribution in [2.75, 3.05) is 6.54 Å². The number of carbonyl (C=O) groups excluding carboxylic acids is 3. The number of aliphatic imine (C=N–C) groups is 1. The molecule has 5 N–H and O–H groups in total. The van der Waals surface area contributed by atoms with Crippen LogP contribution >= 0.6 is 0 Å². The third-order valence-corrected chi connectivity index (χ3v) is 10.5. The van der Waals surface area contributed by atoms with Gasteiger partial charge >= 0.3 is 0 Å². The van der Waals surface area contributed by atoms with E-state index in [-0.39, 0.29) is 40.2 Å². The van der Waals surface area contributed by atoms with Gasteiger partial charge in [0.05, 0.1) is 28.9 Å². The first kappa shape index (κ1) is 28.5. The number of phenolic OH excluding ortho intramolecular Hbond substituents is 2. The van der Waals surface area contributed by atoms with Gasteiger partial charge in [-0.15, -0.1) is 0 Å². The van der Waals surface area contributed by atoms with Gasteiger partial charge in [-0.1, -0.05) is 12.1 Å². The highest BCUT2D eigenvalue weighted by Gasteiger charge is 2.65. The zero-order valence-corrected chi connectivity index (χ0v) is 24.8. The van der Waals surface area contributed by atoms with E-state index in [1.54, 1.807) is 0 Å². The number of fused-ring (bicyclic) bond motifs is 8. The summed E-state index contributed by atoms with van der Waals surface area (Å²) >= 11 is 0. The minimum Gasteiger partial charge on any atom is -0.507 e. The first-order valence-electron chi connectivity index (χ1n) is 15.1. The molecule has 2 aliphatic carbocycles. The number of Topliss-reactive ketones (excluding diaryl/α,β-unsaturated/α-hetero) is 1. The molecule has 4 aliphatic heterocycles. The number of hydrogen-bond donors (Lipinski definition) is 5. The maximum absolute atomic E-state index is 13.8. The minimum atomic E-state index is -2.12. The van der Waals surface area contributed by atoms with Gasteiger partial charge in [0.2, 0.25) is 0 Å². The molecular weight excluding hydrogens is 584 g/mol. The Morgan fingerprint density at radius 2 is 1.91 bits per heavy atom. The van der Waals surface area contributed by atoms with Gasteiger partial charge in [0, 0.05) is 35.6 Å². The van der Waals surface area contributed by atoms with Crippen LogP contribution in [0.4, 0.5) is 0 Å². The summed E-state index contributed by atoms with van der Waals surface area (Å²) in [4.78, 5) is 44.4. The lowest BCUT2D eigenvalue weighted by Crippen LogP contribution is -2.62. The van der Waals surface area contributed by atoms with E-state index in [1.807, 2.05) is 13.0 Å². The largest absolute Gasteiger partial charge is 0.507 e. The zero-order valence-electron chi connectivity index (χ0n) is 24.8. The Kier molecular flexibility index (Phi) is 5.75. The van der Waals surface area contributed by atoms with Crippen molar-refractivity contribution in [3.8, 4) is 11.5 Å². The van der Waals surface area contributed by atoms with Crippen LogP contribution in [0.5, 0.6) is 11.5 Å². The molecule has 6 aliphatic rings. The van der Waals surface area contributed by atoms with Crippen LogP contribution < -0.4 is 5.32 Å². The monoisotopic (exact) mass is 616 g/mol. The van der Waals surface area contributed by atoms with Crippen LogP contribution in [0.3, 0.4) is 0 Å². The number of ether oxygens (including phenoxy) is 3. The summed E-state index contributed by atoms with van der Waals surface area (Å²) in [5, 5.41) is 47.7. The molecule has 4 heterocycles. The Hall–Kier alpha value is -3.94. The van der Waals surface area contributed by atoms with Crippen molar-refractivity contribution in [2.24, 2.45) is 4.99 Å². The molecule has 2 aromatic carbocycles. The van der Waals surface area contributed by atoms with Crippen molar-refractivity contribution >= 4 is 23.2 Å². The topological polar surface area (TPSA) is 184 Å². The maximum Gasteiger partial charge on any atom is 0.198 e. The lowest BCUT2D eigenvalue weighted by atomic mass is 9.69. The van der Waals surface area contributed by atoms with Crippen LogP contribution in [0.2, 0.25) is 0 Å². The second-order valence-corrected chi connectivity index (χ2v) is 13.1. The summed E-state index contributed by atoms with van der Waals surface area (Å²) in [6.45, 7) is 5.13. The lowest BCUT2D eigenvalue weighted by molar-refractivity contribution is -0.301. The highest BCUT2D eigenvalue weighted by atomic mass is 16.7. The van der Waals surface area contributed by atoms with Gasteiger partial charge < -0.3 is 40.0 Å². The Bertz CT molecular complexity index is 1800. The Balaban J connectivity index is 1.29. The van der Waals surface area contributed by atoms with E-state index >= 15 is 0 Å². The van der Waals surface area contributed by atoms with E-state index in [1.165, 1.54) is 38.1 Å². The second kappa shape index (κ2) is 9.08. The van der Waals surface area contributed by atoms with Crippen molar-refractivity contribution in [1.82, 2.24) is 5.32 Å². The molecule has 2 bridgehead atoms. The summed E-state index contributed by atoms with van der Waals surface area (Å²) in [6, 6.07) is 5.76. The van der Waals surface area contributed by atoms with Crippen molar-refractivity contribution in [3.63, 3.8) is 0 Å². The molecule has 12 heteroatoms. The van der Waals surface area contributed by atoms with Crippen molar-refractivity contribution in [2.45, 2.75) is 87.5 Å². The Morgan fingerprint density at radius 1 is 1.16 bits per heavy atom. The molecule has 2 unspecified atom stereocenters. The molecule has 8 rings (SSSR count). The lowest BCUT2D eigenvalue weighted by Gasteiger charge is -2.46. The molecule has 234 valence electrons. The number of rotatable bonds is 3. The fourth-order valence-corrected chi connectivity index (χ4v) is 8.28. The predicted octanol–water partition coefficient (Wildman–Crippen LogP) is 2.05. The quantitative estimate of drug-likeness (QED) is 0.290. The second-order valence-electron chi connectivity index (χ2n) is 13.1. The van der Waals surface area contributed by atoms with E-state index in [0.29, 0.717) is 29.9 Å². The van der Waals surface area contributed by atoms with Crippen LogP contribution in [0.1, 0.15) is 95.0 Å². The van der Waals surface area contributed by atoms with Crippen LogP contribution in [-0.2, 0) is 19.0 Å². The number of carbonyl (C=O) groups is 3. The van der Waals surface area contributed by atoms with Crippen LogP contribution in [-0.4, -0.2) is 85.6 Å². The fraction of sp³-hybridized carbons (Fsp3) is 0.455. The summed E-state index contributed by atoms with van der Waals surface area (Å²) in [7, 11) is 0. The van der Waals surface area contributed by atoms with Gasteiger partial charge in [0.25, 0.3) is 0 Å². The third-order valence-electron chi connectivity index (χ3n) is 10.5. The highest BCUT2D eigenvalue weighted by Crippen LogP contribution is 2.63. The van der Waals surface area contributed by atoms with Gasteiger partial charge in [-0.25, -0.2) is 0 Å². The minimum absolute atomic E-state index is 0.00452. The summed E-state index contributed by atoms with van der Waals surface area (Å²) in [5.74, 6) is -2.39. The number of amidine groups is 1. The number of aliphatic hydroxyl groups excluding tert-OH is 1. The first-order chi connectivity index (χ1) is 21.3. The van der Waals surface area contributed by atoms with Crippen molar-refractivity contribution in [3.05, 3.63) is 69.3 Å². The van der Waals surface area contributed by atoms with E-state index in [2.05, 4.69) is 10.3 Å². The first-order valence-corrected chi connectivity index (χ1v) is 15.1. The normalized spacial score (nSPS) is 37.4. The number of benzene rings is 2. The number of aromatic hydroxyl groups is 2. The van der Waals surface area contributed by atoms with Crippen molar-refractivity contribution < 1.29 is 49.0 Å². The Labute approximate surface area is 257 Å². The van der Waals surface area contributed by atoms with Gasteiger partial charge in [0.15, 0.2) is 35.0 Å². The maximum atomic E-state index is 13.8. The van der Waals surface area contributed by atoms with Crippen molar-refractivity contribution in [1.29, 1.82) is 0 Å². The molecule has 0 aromatic heterocycles. The standard InChI is InChI=1S/C33H32N2O10/c1-13(36)33(42)14(2)43-22(10-21(33)38)44-29-18-9-17-25(26(39)16-5-4-6-20(37)24(16)27(17)40)28(41)23(18)19-12-31(29,3)45-32(19)11-15-7-8-34-30(15)35-32/h4-6,9,11,14,19,21-22,29,37-38,41-42H,7-8,10,12H2,1-3H3,(H,34,35)/t14?,19-,21+,22?,29+,31+,32-,33+/m0/s1. The van der Waals surface area contributed by atoms with E-state index in [0.717, 1.165) is 12.0 Å². The molecule has 2 fully saturated rings. The van der Waals surface area contributed by atoms with E-state index in [9.17, 15) is 34.8 Å². The van der Waals surface area contributed by atoms with Gasteiger partial charge in [-0.3, -0.25) is 19.4 Å². The number of aliphatic hydroxyl groups is 2. The average molecular weight is 617 g/mol. The number of hydrogen-bond acceptors (Lipinski definition) is 12. The molecule has 12 nitrogen and oxygen atoms in total. The highest BCUT2D eigenvalue weighted by molar-refractivity contribution is 6.30. The van der Waals surface area contributed by atoms with E-state index < -0.39 is 64.8 Å². The molecule has 2 aromatic rings. The van der Waals surface area contributed by atoms with Gasteiger partial charge in [-0.05, 0) is 63.0 Å². The van der Waals surface area contributed by atoms with Crippen LogP contribution in [0.15, 0.2) is 40.9 Å². The summed E-state index contributed by atoms with van der Waals surface area (Å²) in [5.41, 5.74) is -2.98. The molecular formula is C33H32N2O10. The van der Waals surface area contributed by atoms with E-state index in [4.69, 9.17) is 14.2 Å². The smallest absolute Gasteiger partial charge is 0.198 e. The predicted molar refractivity (Wildman–Crippen MR) is 155 cm³/mol. The van der Waals surface area contributed by atoms with Crippen LogP contribution in [0, 0.1) is 0 Å². The van der Waals surface area contributed by atoms with Gasteiger partial charge in [-0.2, -0.15) is 0 Å². The molecule has 1 spiro atoms. The molecule has 45 heavy (non-hydrogen) atoms. The number of nitrogens with one attached hydrogen (secondary N) is 1. The summed E-state index contributed by atoms with van der Waals surface area (Å²) < 4.78 is 19.3. The SMILES string of the molecule is CC(=O)[C@@]1(O)C(C)OC(O[C@@H]2c3cc4c(c(O)c3[C@@H]3C[C@@]2(C)O[C@@]32C=C3CCN=C3N2)C(=O)c2cccc(O)c2C4=O)C[C@H]1O. The molecule has 8 atom stereocenters.